The van der Waals surface area contributed by atoms with E-state index in [4.69, 9.17) is 4.74 Å². The molecule has 0 radical (unpaired) electrons. The van der Waals surface area contributed by atoms with Crippen LogP contribution in [0.5, 0.6) is 0 Å². The normalized spacial score (nSPS) is 53.9. The Morgan fingerprint density at radius 2 is 2.04 bits per heavy atom. The molecular weight excluding hydrogens is 354 g/mol. The fourth-order valence-electron chi connectivity index (χ4n) is 9.42. The number of aliphatic hydroxyl groups excluding tert-OH is 1. The Morgan fingerprint density at radius 3 is 2.79 bits per heavy atom. The Morgan fingerprint density at radius 1 is 1.25 bits per heavy atom. The Bertz CT molecular complexity index is 779. The number of esters is 1. The molecule has 0 amide bonds. The van der Waals surface area contributed by atoms with Crippen LogP contribution in [0.4, 0.5) is 0 Å². The van der Waals surface area contributed by atoms with Gasteiger partial charge in [0.2, 0.25) is 0 Å². The molecule has 0 aromatic rings. The summed E-state index contributed by atoms with van der Waals surface area (Å²) in [6.07, 6.45) is 6.82. The summed E-state index contributed by atoms with van der Waals surface area (Å²) in [4.78, 5) is 15.4. The lowest BCUT2D eigenvalue weighted by molar-refractivity contribution is -0.217. The van der Waals surface area contributed by atoms with Gasteiger partial charge in [0.25, 0.3) is 0 Å². The van der Waals surface area contributed by atoms with E-state index < -0.39 is 5.60 Å². The van der Waals surface area contributed by atoms with E-state index in [1.165, 1.54) is 12.7 Å². The van der Waals surface area contributed by atoms with Crippen molar-refractivity contribution in [2.75, 3.05) is 26.8 Å². The molecule has 0 aromatic carbocycles. The minimum atomic E-state index is -0.704. The third kappa shape index (κ3) is 1.68. The number of hydrogen-bond acceptors (Lipinski definition) is 5. The smallest absolute Gasteiger partial charge is 0.309 e. The van der Waals surface area contributed by atoms with Crippen LogP contribution in [0.1, 0.15) is 51.9 Å². The number of carbonyl (C=O) groups excluding carboxylic acids is 1. The van der Waals surface area contributed by atoms with Crippen molar-refractivity contribution in [1.82, 2.24) is 4.90 Å². The van der Waals surface area contributed by atoms with Gasteiger partial charge in [-0.15, -0.1) is 0 Å². The van der Waals surface area contributed by atoms with Crippen molar-refractivity contribution in [3.8, 4) is 0 Å². The fraction of sp³-hybridized carbons (Fsp3) is 0.870. The number of piperidine rings is 1. The lowest BCUT2D eigenvalue weighted by Crippen LogP contribution is -2.73. The number of allylic oxidation sites excluding steroid dienone is 1. The quantitative estimate of drug-likeness (QED) is 0.561. The van der Waals surface area contributed by atoms with Crippen LogP contribution >= 0.6 is 0 Å². The van der Waals surface area contributed by atoms with Crippen molar-refractivity contribution in [2.24, 2.45) is 34.5 Å². The van der Waals surface area contributed by atoms with Crippen molar-refractivity contribution < 1.29 is 19.7 Å². The summed E-state index contributed by atoms with van der Waals surface area (Å²) in [5.41, 5.74) is 1.90. The van der Waals surface area contributed by atoms with Crippen molar-refractivity contribution >= 4 is 5.97 Å². The highest BCUT2D eigenvalue weighted by Crippen LogP contribution is 2.77. The van der Waals surface area contributed by atoms with E-state index in [2.05, 4.69) is 11.8 Å². The molecule has 1 spiro atoms. The minimum absolute atomic E-state index is 0.0468. The Hall–Kier alpha value is -0.910. The van der Waals surface area contributed by atoms with Gasteiger partial charge in [0.05, 0.1) is 18.6 Å². The summed E-state index contributed by atoms with van der Waals surface area (Å²) < 4.78 is 5.26. The van der Waals surface area contributed by atoms with E-state index in [-0.39, 0.29) is 47.2 Å². The first-order chi connectivity index (χ1) is 13.4. The third-order valence-electron chi connectivity index (χ3n) is 10.4. The first-order valence-electron chi connectivity index (χ1n) is 11.3. The van der Waals surface area contributed by atoms with Crippen LogP contribution in [0, 0.1) is 34.5 Å². The van der Waals surface area contributed by atoms with Gasteiger partial charge in [-0.25, -0.2) is 0 Å². The first-order valence-corrected chi connectivity index (χ1v) is 11.3. The monoisotopic (exact) mass is 387 g/mol. The number of rotatable bonds is 2. The predicted molar refractivity (Wildman–Crippen MR) is 103 cm³/mol. The molecule has 2 saturated carbocycles. The molecule has 2 N–H and O–H groups in total. The van der Waals surface area contributed by atoms with Gasteiger partial charge in [0.1, 0.15) is 0 Å². The van der Waals surface area contributed by atoms with Crippen molar-refractivity contribution in [1.29, 1.82) is 0 Å². The fourth-order valence-corrected chi connectivity index (χ4v) is 9.42. The number of hydrogen-bond donors (Lipinski definition) is 2. The van der Waals surface area contributed by atoms with Gasteiger partial charge in [-0.3, -0.25) is 9.69 Å². The molecular formula is C23H33NO4. The molecule has 2 saturated heterocycles. The molecule has 5 nitrogen and oxygen atoms in total. The molecule has 4 bridgehead atoms. The number of ether oxygens (including phenoxy) is 1. The summed E-state index contributed by atoms with van der Waals surface area (Å²) in [5.74, 6) is 0.749. The molecule has 2 heterocycles. The number of carbonyl (C=O) groups is 1. The Kier molecular flexibility index (Phi) is 3.46. The maximum Gasteiger partial charge on any atom is 0.309 e. The van der Waals surface area contributed by atoms with Crippen LogP contribution in [0.15, 0.2) is 11.1 Å². The minimum Gasteiger partial charge on any atom is -0.469 e. The maximum absolute atomic E-state index is 12.8. The van der Waals surface area contributed by atoms with Gasteiger partial charge in [-0.05, 0) is 62.7 Å². The second-order valence-electron chi connectivity index (χ2n) is 10.8. The van der Waals surface area contributed by atoms with E-state index in [1.807, 2.05) is 0 Å². The van der Waals surface area contributed by atoms with Gasteiger partial charge >= 0.3 is 5.97 Å². The lowest BCUT2D eigenvalue weighted by Gasteiger charge is -2.67. The zero-order valence-electron chi connectivity index (χ0n) is 17.1. The predicted octanol–water partition coefficient (Wildman–Crippen LogP) is 2.12. The second-order valence-corrected chi connectivity index (χ2v) is 10.8. The number of aliphatic hydroxyl groups is 2. The first kappa shape index (κ1) is 17.9. The summed E-state index contributed by atoms with van der Waals surface area (Å²) in [6.45, 7) is 4.32. The highest BCUT2D eigenvalue weighted by molar-refractivity contribution is 5.75. The van der Waals surface area contributed by atoms with Crippen LogP contribution in [-0.4, -0.2) is 59.5 Å². The molecule has 154 valence electrons. The van der Waals surface area contributed by atoms with E-state index in [0.717, 1.165) is 58.0 Å². The maximum atomic E-state index is 12.8. The van der Waals surface area contributed by atoms with Crippen molar-refractivity contribution in [2.45, 2.75) is 63.5 Å². The average molecular weight is 388 g/mol. The molecule has 4 aliphatic carbocycles. The highest BCUT2D eigenvalue weighted by Gasteiger charge is 2.78. The lowest BCUT2D eigenvalue weighted by atomic mass is 9.42. The van der Waals surface area contributed by atoms with Crippen LogP contribution < -0.4 is 0 Å². The molecule has 8 atom stereocenters. The zero-order valence-corrected chi connectivity index (χ0v) is 17.1. The topological polar surface area (TPSA) is 70.0 Å². The molecule has 4 fully saturated rings. The molecule has 0 aromatic heterocycles. The van der Waals surface area contributed by atoms with Gasteiger partial charge in [-0.2, -0.15) is 0 Å². The number of nitrogens with zero attached hydrogens (tertiary/aromatic N) is 1. The SMILES string of the molecule is COC(=O)[C@H]1C[C@@]23C4=C(CC[C@@H]5CN6C[C@@H](C)[C@@](O)(CC[C@@]52CO)[C@H]63)CC[C@@H]41. The van der Waals surface area contributed by atoms with E-state index in [9.17, 15) is 15.0 Å². The number of methoxy groups -OCH3 is 1. The zero-order chi connectivity index (χ0) is 19.5. The van der Waals surface area contributed by atoms with Crippen LogP contribution in [0.25, 0.3) is 0 Å². The average Bonchev–Trinajstić information content (AvgIpc) is 3.31. The third-order valence-corrected chi connectivity index (χ3v) is 10.4. The van der Waals surface area contributed by atoms with Gasteiger partial charge in [0.15, 0.2) is 0 Å². The van der Waals surface area contributed by atoms with E-state index >= 15 is 0 Å². The molecule has 28 heavy (non-hydrogen) atoms. The molecule has 0 unspecified atom stereocenters. The Labute approximate surface area is 167 Å². The van der Waals surface area contributed by atoms with E-state index in [1.54, 1.807) is 5.57 Å². The van der Waals surface area contributed by atoms with Crippen LogP contribution in [0.3, 0.4) is 0 Å². The largest absolute Gasteiger partial charge is 0.469 e. The summed E-state index contributed by atoms with van der Waals surface area (Å²) in [6, 6.07) is 0.0468. The molecule has 6 rings (SSSR count). The van der Waals surface area contributed by atoms with Gasteiger partial charge in [-0.1, -0.05) is 18.1 Å². The summed E-state index contributed by atoms with van der Waals surface area (Å²) in [5, 5.41) is 22.9. The van der Waals surface area contributed by atoms with Gasteiger partial charge in [0, 0.05) is 36.6 Å². The highest BCUT2D eigenvalue weighted by atomic mass is 16.5. The summed E-state index contributed by atoms with van der Waals surface area (Å²) in [7, 11) is 1.51. The van der Waals surface area contributed by atoms with E-state index in [0.29, 0.717) is 5.92 Å². The van der Waals surface area contributed by atoms with Crippen LogP contribution in [0.2, 0.25) is 0 Å². The molecule has 2 aliphatic heterocycles. The van der Waals surface area contributed by atoms with Crippen molar-refractivity contribution in [3.05, 3.63) is 11.1 Å². The Balaban J connectivity index is 1.64. The molecule has 5 heteroatoms. The second kappa shape index (κ2) is 5.41. The van der Waals surface area contributed by atoms with Crippen molar-refractivity contribution in [3.63, 3.8) is 0 Å². The standard InChI is InChI=1S/C23H33NO4/c1-13-10-24-11-15-5-3-14-4-6-16-17(19(26)28-2)9-22(18(14)16)20(24)23(13,27)8-7-21(15,22)12-25/h13,15-17,20,25,27H,3-12H2,1-2H3/t13-,15-,16-,17+,20-,21-,22+,23+/m1/s1. The summed E-state index contributed by atoms with van der Waals surface area (Å²) >= 11 is 0. The van der Waals surface area contributed by atoms with Gasteiger partial charge < -0.3 is 14.9 Å². The molecule has 6 aliphatic rings. The van der Waals surface area contributed by atoms with Crippen LogP contribution in [-0.2, 0) is 9.53 Å².